The van der Waals surface area contributed by atoms with Crippen molar-refractivity contribution in [2.45, 2.75) is 11.4 Å². The molecule has 6 nitrogen and oxygen atoms in total. The van der Waals surface area contributed by atoms with Crippen LogP contribution in [-0.2, 0) is 16.6 Å². The molecule has 0 saturated heterocycles. The second-order valence-electron chi connectivity index (χ2n) is 5.83. The molecule has 0 bridgehead atoms. The molecule has 1 aromatic carbocycles. The first-order valence-corrected chi connectivity index (χ1v) is 9.37. The molecule has 0 aliphatic carbocycles. The number of anilines is 2. The Morgan fingerprint density at radius 1 is 1.04 bits per heavy atom. The molecule has 9 heteroatoms. The van der Waals surface area contributed by atoms with E-state index in [2.05, 4.69) is 14.7 Å². The number of nitrogens with one attached hydrogen (secondary N) is 1. The van der Waals surface area contributed by atoms with Gasteiger partial charge in [0.05, 0.1) is 5.69 Å². The van der Waals surface area contributed by atoms with Crippen molar-refractivity contribution < 1.29 is 17.2 Å². The van der Waals surface area contributed by atoms with Crippen molar-refractivity contribution >= 4 is 21.5 Å². The van der Waals surface area contributed by atoms with E-state index in [1.165, 1.54) is 12.3 Å². The van der Waals surface area contributed by atoms with E-state index in [1.54, 1.807) is 18.5 Å². The average Bonchev–Trinajstić information content (AvgIpc) is 2.61. The molecule has 0 amide bonds. The number of pyridine rings is 2. The molecule has 3 aromatic rings. The van der Waals surface area contributed by atoms with Crippen molar-refractivity contribution in [3.8, 4) is 0 Å². The van der Waals surface area contributed by atoms with Crippen LogP contribution in [0.4, 0.5) is 20.3 Å². The highest BCUT2D eigenvalue weighted by Crippen LogP contribution is 2.20. The van der Waals surface area contributed by atoms with E-state index in [-0.39, 0.29) is 10.6 Å². The van der Waals surface area contributed by atoms with Gasteiger partial charge in [0.25, 0.3) is 10.0 Å². The zero-order valence-corrected chi connectivity index (χ0v) is 15.1. The second-order valence-corrected chi connectivity index (χ2v) is 7.51. The minimum absolute atomic E-state index is 0.117. The number of hydrogen-bond donors (Lipinski definition) is 1. The average molecular weight is 390 g/mol. The molecule has 0 unspecified atom stereocenters. The third-order valence-corrected chi connectivity index (χ3v) is 5.07. The maximum atomic E-state index is 13.2. The third kappa shape index (κ3) is 4.76. The molecule has 0 atom stereocenters. The molecule has 2 aromatic heterocycles. The highest BCUT2D eigenvalue weighted by Gasteiger charge is 2.16. The first kappa shape index (κ1) is 18.7. The van der Waals surface area contributed by atoms with Gasteiger partial charge in [-0.15, -0.1) is 0 Å². The fourth-order valence-electron chi connectivity index (χ4n) is 2.43. The summed E-state index contributed by atoms with van der Waals surface area (Å²) < 4.78 is 53.4. The van der Waals surface area contributed by atoms with Gasteiger partial charge in [-0.3, -0.25) is 9.71 Å². The summed E-state index contributed by atoms with van der Waals surface area (Å²) >= 11 is 0. The number of sulfonamides is 1. The smallest absolute Gasteiger partial charge is 0.263 e. The molecule has 0 aliphatic rings. The Morgan fingerprint density at radius 3 is 2.30 bits per heavy atom. The van der Waals surface area contributed by atoms with Crippen molar-refractivity contribution in [2.75, 3.05) is 16.7 Å². The predicted molar refractivity (Wildman–Crippen MR) is 97.7 cm³/mol. The minimum atomic E-state index is -4.02. The Hall–Kier alpha value is -3.07. The number of hydrogen-bond acceptors (Lipinski definition) is 5. The van der Waals surface area contributed by atoms with Crippen LogP contribution in [0.25, 0.3) is 0 Å². The van der Waals surface area contributed by atoms with Crippen molar-refractivity contribution in [1.82, 2.24) is 9.97 Å². The van der Waals surface area contributed by atoms with Gasteiger partial charge in [-0.2, -0.15) is 0 Å². The van der Waals surface area contributed by atoms with Crippen molar-refractivity contribution in [2.24, 2.45) is 0 Å². The van der Waals surface area contributed by atoms with Gasteiger partial charge in [-0.05, 0) is 42.0 Å². The van der Waals surface area contributed by atoms with Gasteiger partial charge in [0.1, 0.15) is 22.3 Å². The molecular weight excluding hydrogens is 374 g/mol. The Kier molecular flexibility index (Phi) is 5.31. The highest BCUT2D eigenvalue weighted by atomic mass is 32.2. The molecule has 3 rings (SSSR count). The van der Waals surface area contributed by atoms with E-state index < -0.39 is 21.7 Å². The monoisotopic (exact) mass is 390 g/mol. The SMILES string of the molecule is CN(Cc1ccncc1)c1ccc(S(=O)(=O)Nc2cc(F)cc(F)c2)cn1. The number of aromatic nitrogens is 2. The first-order chi connectivity index (χ1) is 12.8. The molecule has 0 spiro atoms. The van der Waals surface area contributed by atoms with E-state index in [0.29, 0.717) is 18.4 Å². The van der Waals surface area contributed by atoms with Gasteiger partial charge in [0.2, 0.25) is 0 Å². The standard InChI is InChI=1S/C18H16F2N4O2S/c1-24(12-13-4-6-21-7-5-13)18-3-2-17(11-22-18)27(25,26)23-16-9-14(19)8-15(20)10-16/h2-11,23H,12H2,1H3. The molecule has 0 radical (unpaired) electrons. The Labute approximate surface area is 155 Å². The lowest BCUT2D eigenvalue weighted by Gasteiger charge is -2.18. The molecular formula is C18H16F2N4O2S. The van der Waals surface area contributed by atoms with Crippen LogP contribution >= 0.6 is 0 Å². The summed E-state index contributed by atoms with van der Waals surface area (Å²) in [6.07, 6.45) is 4.57. The number of halogens is 2. The van der Waals surface area contributed by atoms with E-state index in [9.17, 15) is 17.2 Å². The number of nitrogens with zero attached hydrogens (tertiary/aromatic N) is 3. The quantitative estimate of drug-likeness (QED) is 0.700. The van der Waals surface area contributed by atoms with Gasteiger partial charge in [0, 0.05) is 38.2 Å². The van der Waals surface area contributed by atoms with Gasteiger partial charge in [-0.1, -0.05) is 0 Å². The highest BCUT2D eigenvalue weighted by molar-refractivity contribution is 7.92. The third-order valence-electron chi connectivity index (χ3n) is 3.71. The Morgan fingerprint density at radius 2 is 1.70 bits per heavy atom. The lowest BCUT2D eigenvalue weighted by molar-refractivity contribution is 0.584. The maximum Gasteiger partial charge on any atom is 0.263 e. The van der Waals surface area contributed by atoms with Gasteiger partial charge in [0.15, 0.2) is 0 Å². The molecule has 0 aliphatic heterocycles. The lowest BCUT2D eigenvalue weighted by Crippen LogP contribution is -2.18. The number of benzene rings is 1. The van der Waals surface area contributed by atoms with Crippen LogP contribution in [0.5, 0.6) is 0 Å². The van der Waals surface area contributed by atoms with Crippen LogP contribution in [0.2, 0.25) is 0 Å². The van der Waals surface area contributed by atoms with E-state index in [4.69, 9.17) is 0 Å². The van der Waals surface area contributed by atoms with Crippen LogP contribution in [-0.4, -0.2) is 25.4 Å². The van der Waals surface area contributed by atoms with Gasteiger partial charge < -0.3 is 4.90 Å². The molecule has 1 N–H and O–H groups in total. The van der Waals surface area contributed by atoms with Crippen LogP contribution in [0.15, 0.2) is 66.0 Å². The summed E-state index contributed by atoms with van der Waals surface area (Å²) in [6.45, 7) is 0.572. The Balaban J connectivity index is 1.75. The largest absolute Gasteiger partial charge is 0.355 e. The molecule has 140 valence electrons. The summed E-state index contributed by atoms with van der Waals surface area (Å²) in [5.74, 6) is -1.18. The topological polar surface area (TPSA) is 75.2 Å². The first-order valence-electron chi connectivity index (χ1n) is 7.88. The predicted octanol–water partition coefficient (Wildman–Crippen LogP) is 3.19. The normalized spacial score (nSPS) is 11.2. The van der Waals surface area contributed by atoms with E-state index in [0.717, 1.165) is 17.7 Å². The molecule has 0 saturated carbocycles. The summed E-state index contributed by atoms with van der Waals surface area (Å²) in [5, 5.41) is 0. The van der Waals surface area contributed by atoms with Crippen LogP contribution in [0.3, 0.4) is 0 Å². The van der Waals surface area contributed by atoms with Crippen LogP contribution < -0.4 is 9.62 Å². The summed E-state index contributed by atoms with van der Waals surface area (Å²) in [6, 6.07) is 9.13. The second kappa shape index (κ2) is 7.67. The summed E-state index contributed by atoms with van der Waals surface area (Å²) in [5.41, 5.74) is 0.826. The van der Waals surface area contributed by atoms with Gasteiger partial charge in [-0.25, -0.2) is 22.2 Å². The summed E-state index contributed by atoms with van der Waals surface area (Å²) in [7, 11) is -2.20. The maximum absolute atomic E-state index is 13.2. The van der Waals surface area contributed by atoms with E-state index >= 15 is 0 Å². The number of rotatable bonds is 6. The Bertz CT molecular complexity index is 1010. The van der Waals surface area contributed by atoms with Crippen LogP contribution in [0, 0.1) is 11.6 Å². The van der Waals surface area contributed by atoms with Crippen molar-refractivity contribution in [3.05, 3.63) is 78.3 Å². The fraction of sp³-hybridized carbons (Fsp3) is 0.111. The van der Waals surface area contributed by atoms with Crippen LogP contribution in [0.1, 0.15) is 5.56 Å². The fourth-order valence-corrected chi connectivity index (χ4v) is 3.41. The lowest BCUT2D eigenvalue weighted by atomic mass is 10.2. The molecule has 0 fully saturated rings. The van der Waals surface area contributed by atoms with E-state index in [1.807, 2.05) is 24.1 Å². The minimum Gasteiger partial charge on any atom is -0.355 e. The van der Waals surface area contributed by atoms with Crippen molar-refractivity contribution in [1.29, 1.82) is 0 Å². The zero-order valence-electron chi connectivity index (χ0n) is 14.3. The molecule has 27 heavy (non-hydrogen) atoms. The molecule has 2 heterocycles. The summed E-state index contributed by atoms with van der Waals surface area (Å²) in [4.78, 5) is 9.85. The van der Waals surface area contributed by atoms with Gasteiger partial charge >= 0.3 is 0 Å². The van der Waals surface area contributed by atoms with Crippen molar-refractivity contribution in [3.63, 3.8) is 0 Å². The zero-order chi connectivity index (χ0) is 19.4.